The summed E-state index contributed by atoms with van der Waals surface area (Å²) >= 11 is 0. The fraction of sp³-hybridized carbons (Fsp3) is 0.357. The Balaban J connectivity index is 2.11. The van der Waals surface area contributed by atoms with E-state index in [-0.39, 0.29) is 0 Å². The van der Waals surface area contributed by atoms with Gasteiger partial charge in [0.05, 0.1) is 0 Å². The van der Waals surface area contributed by atoms with Crippen molar-refractivity contribution in [3.8, 4) is 0 Å². The molecule has 2 N–H and O–H groups in total. The molecule has 3 nitrogen and oxygen atoms in total. The molecule has 0 saturated heterocycles. The van der Waals surface area contributed by atoms with Crippen LogP contribution in [0.3, 0.4) is 0 Å². The zero-order chi connectivity index (χ0) is 12.3. The summed E-state index contributed by atoms with van der Waals surface area (Å²) in [5.74, 6) is -0.153. The summed E-state index contributed by atoms with van der Waals surface area (Å²) < 4.78 is 0. The van der Waals surface area contributed by atoms with Crippen LogP contribution in [0.25, 0.3) is 0 Å². The van der Waals surface area contributed by atoms with E-state index >= 15 is 0 Å². The summed E-state index contributed by atoms with van der Waals surface area (Å²) in [6.07, 6.45) is 4.18. The van der Waals surface area contributed by atoms with Crippen LogP contribution in [0.15, 0.2) is 36.9 Å². The number of carbonyl (C=O) groups is 1. The lowest BCUT2D eigenvalue weighted by atomic mass is 10.0. The Bertz CT molecular complexity index is 407. The first-order chi connectivity index (χ1) is 8.22. The van der Waals surface area contributed by atoms with Crippen LogP contribution in [0.2, 0.25) is 0 Å². The Morgan fingerprint density at radius 1 is 1.47 bits per heavy atom. The summed E-state index contributed by atoms with van der Waals surface area (Å²) in [5, 5.41) is 12.1. The average molecular weight is 231 g/mol. The number of carboxylic acids is 1. The molecular formula is C14H17NO2. The van der Waals surface area contributed by atoms with Gasteiger partial charge >= 0.3 is 5.97 Å². The van der Waals surface area contributed by atoms with E-state index in [1.54, 1.807) is 6.08 Å². The monoisotopic (exact) mass is 231 g/mol. The van der Waals surface area contributed by atoms with Gasteiger partial charge in [-0.25, -0.2) is 0 Å². The van der Waals surface area contributed by atoms with Gasteiger partial charge in [0, 0.05) is 6.54 Å². The molecule has 0 spiro atoms. The van der Waals surface area contributed by atoms with Crippen LogP contribution in [0, 0.1) is 0 Å². The van der Waals surface area contributed by atoms with Crippen LogP contribution in [0.4, 0.5) is 0 Å². The number of hydrogen-bond acceptors (Lipinski definition) is 2. The zero-order valence-electron chi connectivity index (χ0n) is 9.73. The van der Waals surface area contributed by atoms with Crippen molar-refractivity contribution in [2.45, 2.75) is 24.8 Å². The van der Waals surface area contributed by atoms with Crippen LogP contribution >= 0.6 is 0 Å². The van der Waals surface area contributed by atoms with E-state index < -0.39 is 12.0 Å². The third-order valence-corrected chi connectivity index (χ3v) is 3.03. The smallest absolute Gasteiger partial charge is 0.325 e. The van der Waals surface area contributed by atoms with Gasteiger partial charge < -0.3 is 5.11 Å². The maximum atomic E-state index is 11.1. The normalized spacial score (nSPS) is 16.5. The summed E-state index contributed by atoms with van der Waals surface area (Å²) in [4.78, 5) is 11.1. The quantitative estimate of drug-likeness (QED) is 0.739. The van der Waals surface area contributed by atoms with Gasteiger partial charge in [0.25, 0.3) is 0 Å². The standard InChI is InChI=1S/C14H17NO2/c1-2-9-15-13(14(16)17)12-7-5-11(6-8-12)10-3-4-10/h2,5-8,10,13,15H,1,3-4,9H2,(H,16,17). The Morgan fingerprint density at radius 2 is 2.12 bits per heavy atom. The molecule has 3 heteroatoms. The second-order valence-electron chi connectivity index (χ2n) is 4.41. The molecule has 1 aromatic carbocycles. The lowest BCUT2D eigenvalue weighted by Gasteiger charge is -2.14. The highest BCUT2D eigenvalue weighted by Gasteiger charge is 2.24. The van der Waals surface area contributed by atoms with E-state index in [9.17, 15) is 4.79 Å². The van der Waals surface area contributed by atoms with Crippen LogP contribution in [0.5, 0.6) is 0 Å². The largest absolute Gasteiger partial charge is 0.480 e. The van der Waals surface area contributed by atoms with Crippen molar-refractivity contribution in [2.24, 2.45) is 0 Å². The fourth-order valence-electron chi connectivity index (χ4n) is 1.93. The van der Waals surface area contributed by atoms with Crippen molar-refractivity contribution in [3.63, 3.8) is 0 Å². The first-order valence-corrected chi connectivity index (χ1v) is 5.89. The van der Waals surface area contributed by atoms with Gasteiger partial charge in [-0.05, 0) is 29.9 Å². The molecule has 1 unspecified atom stereocenters. The summed E-state index contributed by atoms with van der Waals surface area (Å²) in [6, 6.07) is 7.24. The highest BCUT2D eigenvalue weighted by Crippen LogP contribution is 2.40. The molecule has 0 heterocycles. The highest BCUT2D eigenvalue weighted by atomic mass is 16.4. The molecule has 90 valence electrons. The van der Waals surface area contributed by atoms with Gasteiger partial charge in [-0.1, -0.05) is 30.3 Å². The van der Waals surface area contributed by atoms with E-state index in [1.807, 2.05) is 24.3 Å². The van der Waals surface area contributed by atoms with Crippen molar-refractivity contribution in [1.82, 2.24) is 5.32 Å². The van der Waals surface area contributed by atoms with E-state index in [0.29, 0.717) is 12.5 Å². The molecule has 0 aliphatic heterocycles. The zero-order valence-corrected chi connectivity index (χ0v) is 9.73. The second kappa shape index (κ2) is 5.15. The van der Waals surface area contributed by atoms with Crippen LogP contribution < -0.4 is 5.32 Å². The lowest BCUT2D eigenvalue weighted by Crippen LogP contribution is -2.28. The van der Waals surface area contributed by atoms with Crippen molar-refractivity contribution in [2.75, 3.05) is 6.54 Å². The Hall–Kier alpha value is -1.61. The molecule has 1 aromatic rings. The number of aliphatic carboxylic acids is 1. The van der Waals surface area contributed by atoms with Gasteiger partial charge in [-0.2, -0.15) is 0 Å². The minimum Gasteiger partial charge on any atom is -0.480 e. The molecule has 1 fully saturated rings. The maximum absolute atomic E-state index is 11.1. The SMILES string of the molecule is C=CCNC(C(=O)O)c1ccc(C2CC2)cc1. The minimum absolute atomic E-state index is 0.487. The molecule has 0 bridgehead atoms. The molecule has 0 amide bonds. The predicted molar refractivity (Wildman–Crippen MR) is 67.0 cm³/mol. The molecule has 0 aromatic heterocycles. The molecule has 1 saturated carbocycles. The van der Waals surface area contributed by atoms with Gasteiger partial charge in [-0.15, -0.1) is 6.58 Å². The molecule has 1 atom stereocenters. The average Bonchev–Trinajstić information content (AvgIpc) is 3.14. The molecule has 0 radical (unpaired) electrons. The van der Waals surface area contributed by atoms with E-state index in [1.165, 1.54) is 18.4 Å². The predicted octanol–water partition coefficient (Wildman–Crippen LogP) is 2.47. The summed E-state index contributed by atoms with van der Waals surface area (Å²) in [7, 11) is 0. The van der Waals surface area contributed by atoms with Crippen molar-refractivity contribution >= 4 is 5.97 Å². The first-order valence-electron chi connectivity index (χ1n) is 5.89. The van der Waals surface area contributed by atoms with Crippen LogP contribution in [-0.4, -0.2) is 17.6 Å². The van der Waals surface area contributed by atoms with Gasteiger partial charge in [0.1, 0.15) is 6.04 Å². The van der Waals surface area contributed by atoms with Gasteiger partial charge in [0.15, 0.2) is 0 Å². The third kappa shape index (κ3) is 2.94. The number of rotatable bonds is 6. The van der Waals surface area contributed by atoms with Crippen molar-refractivity contribution < 1.29 is 9.90 Å². The molecule has 1 aliphatic rings. The second-order valence-corrected chi connectivity index (χ2v) is 4.41. The lowest BCUT2D eigenvalue weighted by molar-refractivity contribution is -0.139. The summed E-state index contributed by atoms with van der Waals surface area (Å²) in [5.41, 5.74) is 2.12. The molecule has 2 rings (SSSR count). The molecular weight excluding hydrogens is 214 g/mol. The molecule has 1 aliphatic carbocycles. The van der Waals surface area contributed by atoms with E-state index in [0.717, 1.165) is 5.56 Å². The van der Waals surface area contributed by atoms with Crippen molar-refractivity contribution in [1.29, 1.82) is 0 Å². The number of benzene rings is 1. The third-order valence-electron chi connectivity index (χ3n) is 3.03. The molecule has 17 heavy (non-hydrogen) atoms. The first kappa shape index (κ1) is 11.9. The van der Waals surface area contributed by atoms with Crippen LogP contribution in [-0.2, 0) is 4.79 Å². The Morgan fingerprint density at radius 3 is 2.59 bits per heavy atom. The fourth-order valence-corrected chi connectivity index (χ4v) is 1.93. The van der Waals surface area contributed by atoms with Crippen LogP contribution in [0.1, 0.15) is 35.9 Å². The van der Waals surface area contributed by atoms with Gasteiger partial charge in [-0.3, -0.25) is 10.1 Å². The number of nitrogens with one attached hydrogen (secondary N) is 1. The summed E-state index contributed by atoms with van der Waals surface area (Å²) in [6.45, 7) is 4.06. The Labute approximate surface area is 101 Å². The number of carboxylic acid groups (broad SMARTS) is 1. The Kier molecular flexibility index (Phi) is 3.59. The van der Waals surface area contributed by atoms with E-state index in [4.69, 9.17) is 5.11 Å². The van der Waals surface area contributed by atoms with Crippen molar-refractivity contribution in [3.05, 3.63) is 48.0 Å². The minimum atomic E-state index is -0.856. The highest BCUT2D eigenvalue weighted by molar-refractivity contribution is 5.75. The maximum Gasteiger partial charge on any atom is 0.325 e. The van der Waals surface area contributed by atoms with E-state index in [2.05, 4.69) is 11.9 Å². The number of hydrogen-bond donors (Lipinski definition) is 2. The topological polar surface area (TPSA) is 49.3 Å². The van der Waals surface area contributed by atoms with Gasteiger partial charge in [0.2, 0.25) is 0 Å².